The molecule has 6 heteroatoms. The standard InChI is InChI=1S/C14H18N2O4/c15-13(17)11(8-10-4-2-1-3-5-10)16-14(18)12-9-19-6-7-20-12/h1-5,11-12H,6-9H2,(H2,15,17)(H,16,18)/t11-,12+/m1/s1. The van der Waals surface area contributed by atoms with Crippen LogP contribution in [0.25, 0.3) is 0 Å². The Morgan fingerprint density at radius 1 is 1.30 bits per heavy atom. The normalized spacial score (nSPS) is 20.1. The maximum Gasteiger partial charge on any atom is 0.252 e. The summed E-state index contributed by atoms with van der Waals surface area (Å²) in [5.41, 5.74) is 6.26. The van der Waals surface area contributed by atoms with Crippen LogP contribution in [-0.4, -0.2) is 43.8 Å². The summed E-state index contributed by atoms with van der Waals surface area (Å²) in [6.07, 6.45) is -0.323. The van der Waals surface area contributed by atoms with Gasteiger partial charge in [0.15, 0.2) is 6.10 Å². The zero-order valence-corrected chi connectivity index (χ0v) is 11.1. The smallest absolute Gasteiger partial charge is 0.252 e. The molecule has 3 N–H and O–H groups in total. The number of primary amides is 1. The lowest BCUT2D eigenvalue weighted by molar-refractivity contribution is -0.149. The van der Waals surface area contributed by atoms with Crippen molar-refractivity contribution in [3.63, 3.8) is 0 Å². The van der Waals surface area contributed by atoms with E-state index in [0.717, 1.165) is 5.56 Å². The maximum atomic E-state index is 12.0. The Kier molecular flexibility index (Phi) is 5.09. The lowest BCUT2D eigenvalue weighted by atomic mass is 10.1. The third-order valence-electron chi connectivity index (χ3n) is 3.05. The van der Waals surface area contributed by atoms with Crippen LogP contribution >= 0.6 is 0 Å². The third kappa shape index (κ3) is 4.04. The van der Waals surface area contributed by atoms with E-state index >= 15 is 0 Å². The van der Waals surface area contributed by atoms with Gasteiger partial charge in [-0.05, 0) is 5.56 Å². The van der Waals surface area contributed by atoms with Gasteiger partial charge in [0.2, 0.25) is 5.91 Å². The lowest BCUT2D eigenvalue weighted by Gasteiger charge is -2.24. The number of ether oxygens (including phenoxy) is 2. The minimum atomic E-state index is -0.754. The number of amides is 2. The van der Waals surface area contributed by atoms with Crippen LogP contribution in [0.2, 0.25) is 0 Å². The van der Waals surface area contributed by atoms with Crippen molar-refractivity contribution in [1.29, 1.82) is 0 Å². The highest BCUT2D eigenvalue weighted by atomic mass is 16.6. The van der Waals surface area contributed by atoms with Gasteiger partial charge in [-0.3, -0.25) is 9.59 Å². The zero-order chi connectivity index (χ0) is 14.4. The van der Waals surface area contributed by atoms with E-state index in [9.17, 15) is 9.59 Å². The summed E-state index contributed by atoms with van der Waals surface area (Å²) in [6.45, 7) is 1.05. The molecule has 1 aliphatic rings. The van der Waals surface area contributed by atoms with E-state index in [1.54, 1.807) is 0 Å². The summed E-state index contributed by atoms with van der Waals surface area (Å²) in [7, 11) is 0. The summed E-state index contributed by atoms with van der Waals surface area (Å²) in [4.78, 5) is 23.4. The molecule has 108 valence electrons. The third-order valence-corrected chi connectivity index (χ3v) is 3.05. The van der Waals surface area contributed by atoms with Crippen molar-refractivity contribution in [3.8, 4) is 0 Å². The van der Waals surface area contributed by atoms with E-state index < -0.39 is 18.1 Å². The van der Waals surface area contributed by atoms with Crippen molar-refractivity contribution in [3.05, 3.63) is 35.9 Å². The van der Waals surface area contributed by atoms with Crippen LogP contribution in [0, 0.1) is 0 Å². The van der Waals surface area contributed by atoms with Crippen LogP contribution in [0.3, 0.4) is 0 Å². The number of nitrogens with one attached hydrogen (secondary N) is 1. The largest absolute Gasteiger partial charge is 0.376 e. The average Bonchev–Trinajstić information content (AvgIpc) is 2.48. The Balaban J connectivity index is 1.95. The van der Waals surface area contributed by atoms with Crippen molar-refractivity contribution in [2.24, 2.45) is 5.73 Å². The Bertz CT molecular complexity index is 458. The molecule has 0 aromatic heterocycles. The van der Waals surface area contributed by atoms with E-state index in [1.165, 1.54) is 0 Å². The van der Waals surface area contributed by atoms with Crippen molar-refractivity contribution < 1.29 is 19.1 Å². The summed E-state index contributed by atoms with van der Waals surface area (Å²) in [5, 5.41) is 2.62. The summed E-state index contributed by atoms with van der Waals surface area (Å²) in [6, 6.07) is 8.62. The lowest BCUT2D eigenvalue weighted by Crippen LogP contribution is -2.51. The quantitative estimate of drug-likeness (QED) is 0.768. The molecule has 1 heterocycles. The fraction of sp³-hybridized carbons (Fsp3) is 0.429. The van der Waals surface area contributed by atoms with Gasteiger partial charge in [0.1, 0.15) is 6.04 Å². The van der Waals surface area contributed by atoms with Crippen LogP contribution in [0.4, 0.5) is 0 Å². The molecule has 0 saturated carbocycles. The highest BCUT2D eigenvalue weighted by molar-refractivity contribution is 5.88. The monoisotopic (exact) mass is 278 g/mol. The molecular formula is C14H18N2O4. The number of nitrogens with two attached hydrogens (primary N) is 1. The second-order valence-corrected chi connectivity index (χ2v) is 4.59. The minimum Gasteiger partial charge on any atom is -0.376 e. The number of hydrogen-bond donors (Lipinski definition) is 2. The van der Waals surface area contributed by atoms with E-state index in [0.29, 0.717) is 19.6 Å². The molecule has 0 aliphatic carbocycles. The average molecular weight is 278 g/mol. The first-order chi connectivity index (χ1) is 9.66. The van der Waals surface area contributed by atoms with Crippen LogP contribution in [0.5, 0.6) is 0 Å². The van der Waals surface area contributed by atoms with Gasteiger partial charge in [0.05, 0.1) is 19.8 Å². The predicted molar refractivity (Wildman–Crippen MR) is 71.8 cm³/mol. The highest BCUT2D eigenvalue weighted by Gasteiger charge is 2.26. The van der Waals surface area contributed by atoms with Gasteiger partial charge in [0, 0.05) is 6.42 Å². The van der Waals surface area contributed by atoms with Gasteiger partial charge < -0.3 is 20.5 Å². The topological polar surface area (TPSA) is 90.7 Å². The van der Waals surface area contributed by atoms with Crippen LogP contribution in [0.15, 0.2) is 30.3 Å². The molecule has 1 aromatic carbocycles. The molecule has 2 atom stereocenters. The molecule has 6 nitrogen and oxygen atoms in total. The van der Waals surface area contributed by atoms with Gasteiger partial charge in [0.25, 0.3) is 5.91 Å². The SMILES string of the molecule is NC(=O)[C@@H](Cc1ccccc1)NC(=O)[C@@H]1COCCO1. The number of carbonyl (C=O) groups excluding carboxylic acids is 2. The van der Waals surface area contributed by atoms with Gasteiger partial charge in [-0.2, -0.15) is 0 Å². The minimum absolute atomic E-state index is 0.197. The summed E-state index contributed by atoms with van der Waals surface area (Å²) >= 11 is 0. The van der Waals surface area contributed by atoms with Crippen LogP contribution in [0.1, 0.15) is 5.56 Å². The molecule has 1 fully saturated rings. The van der Waals surface area contributed by atoms with Crippen molar-refractivity contribution in [2.75, 3.05) is 19.8 Å². The molecule has 1 saturated heterocycles. The molecule has 0 unspecified atom stereocenters. The van der Waals surface area contributed by atoms with E-state index in [4.69, 9.17) is 15.2 Å². The van der Waals surface area contributed by atoms with Gasteiger partial charge in [-0.25, -0.2) is 0 Å². The Morgan fingerprint density at radius 3 is 2.65 bits per heavy atom. The van der Waals surface area contributed by atoms with E-state index in [2.05, 4.69) is 5.32 Å². The second kappa shape index (κ2) is 7.02. The first-order valence-corrected chi connectivity index (χ1v) is 6.50. The predicted octanol–water partition coefficient (Wildman–Crippen LogP) is -0.385. The number of benzene rings is 1. The molecule has 0 bridgehead atoms. The van der Waals surface area contributed by atoms with Crippen LogP contribution < -0.4 is 11.1 Å². The zero-order valence-electron chi connectivity index (χ0n) is 11.1. The molecule has 1 aliphatic heterocycles. The van der Waals surface area contributed by atoms with Crippen LogP contribution in [-0.2, 0) is 25.5 Å². The number of hydrogen-bond acceptors (Lipinski definition) is 4. The van der Waals surface area contributed by atoms with Gasteiger partial charge in [-0.1, -0.05) is 30.3 Å². The molecule has 2 amide bonds. The van der Waals surface area contributed by atoms with Gasteiger partial charge >= 0.3 is 0 Å². The van der Waals surface area contributed by atoms with E-state index in [-0.39, 0.29) is 12.5 Å². The Labute approximate surface area is 117 Å². The Hall–Kier alpha value is -1.92. The first kappa shape index (κ1) is 14.5. The summed E-state index contributed by atoms with van der Waals surface area (Å²) < 4.78 is 10.4. The molecule has 0 radical (unpaired) electrons. The van der Waals surface area contributed by atoms with Crippen molar-refractivity contribution in [2.45, 2.75) is 18.6 Å². The number of rotatable bonds is 5. The molecule has 20 heavy (non-hydrogen) atoms. The van der Waals surface area contributed by atoms with Crippen molar-refractivity contribution >= 4 is 11.8 Å². The summed E-state index contributed by atoms with van der Waals surface area (Å²) in [5.74, 6) is -0.941. The highest BCUT2D eigenvalue weighted by Crippen LogP contribution is 2.05. The molecule has 2 rings (SSSR count). The van der Waals surface area contributed by atoms with Crippen molar-refractivity contribution in [1.82, 2.24) is 5.32 Å². The molecular weight excluding hydrogens is 260 g/mol. The second-order valence-electron chi connectivity index (χ2n) is 4.59. The maximum absolute atomic E-state index is 12.0. The molecule has 1 aromatic rings. The number of carbonyl (C=O) groups is 2. The van der Waals surface area contributed by atoms with E-state index in [1.807, 2.05) is 30.3 Å². The molecule has 0 spiro atoms. The first-order valence-electron chi connectivity index (χ1n) is 6.50. The fourth-order valence-electron chi connectivity index (χ4n) is 1.98. The Morgan fingerprint density at radius 2 is 2.05 bits per heavy atom. The van der Waals surface area contributed by atoms with Gasteiger partial charge in [-0.15, -0.1) is 0 Å². The fourth-order valence-corrected chi connectivity index (χ4v) is 1.98.